The summed E-state index contributed by atoms with van der Waals surface area (Å²) in [6.07, 6.45) is 3.27. The van der Waals surface area contributed by atoms with E-state index in [1.165, 1.54) is 11.0 Å². The Hall–Kier alpha value is -2.40. The molecule has 0 saturated heterocycles. The molecule has 24 heavy (non-hydrogen) atoms. The number of thioether (sulfide) groups is 1. The maximum Gasteiger partial charge on any atom is 0.244 e. The summed E-state index contributed by atoms with van der Waals surface area (Å²) in [7, 11) is 3.18. The van der Waals surface area contributed by atoms with Gasteiger partial charge in [0.25, 0.3) is 0 Å². The Morgan fingerprint density at radius 1 is 1.08 bits per heavy atom. The minimum atomic E-state index is -0.113. The van der Waals surface area contributed by atoms with E-state index in [1.54, 1.807) is 32.1 Å². The van der Waals surface area contributed by atoms with Crippen LogP contribution < -0.4 is 14.8 Å². The Morgan fingerprint density at radius 3 is 2.54 bits per heavy atom. The van der Waals surface area contributed by atoms with Gasteiger partial charge >= 0.3 is 0 Å². The van der Waals surface area contributed by atoms with Gasteiger partial charge in [0.05, 0.1) is 14.2 Å². The molecule has 0 fully saturated rings. The van der Waals surface area contributed by atoms with Crippen molar-refractivity contribution in [3.63, 3.8) is 0 Å². The highest BCUT2D eigenvalue weighted by Gasteiger charge is 2.03. The monoisotopic (exact) mass is 343 g/mol. The fraction of sp³-hybridized carbons (Fsp3) is 0.211. The predicted octanol–water partition coefficient (Wildman–Crippen LogP) is 3.63. The molecule has 0 atom stereocenters. The number of nitrogens with one attached hydrogen (secondary N) is 1. The number of benzene rings is 2. The molecule has 2 aromatic rings. The van der Waals surface area contributed by atoms with Crippen LogP contribution in [0, 0.1) is 0 Å². The summed E-state index contributed by atoms with van der Waals surface area (Å²) in [5.41, 5.74) is 0.876. The summed E-state index contributed by atoms with van der Waals surface area (Å²) in [6.45, 7) is 0.620. The second-order valence-corrected chi connectivity index (χ2v) is 6.07. The second kappa shape index (κ2) is 9.67. The maximum atomic E-state index is 11.8. The van der Waals surface area contributed by atoms with Crippen LogP contribution in [0.3, 0.4) is 0 Å². The van der Waals surface area contributed by atoms with Gasteiger partial charge in [0, 0.05) is 23.3 Å². The minimum Gasteiger partial charge on any atom is -0.493 e. The average molecular weight is 343 g/mol. The van der Waals surface area contributed by atoms with Crippen molar-refractivity contribution < 1.29 is 14.3 Å². The summed E-state index contributed by atoms with van der Waals surface area (Å²) in [5, 5.41) is 2.87. The van der Waals surface area contributed by atoms with E-state index in [1.807, 2.05) is 36.4 Å². The van der Waals surface area contributed by atoms with Gasteiger partial charge in [0.2, 0.25) is 5.91 Å². The molecule has 1 amide bonds. The van der Waals surface area contributed by atoms with Gasteiger partial charge in [0.1, 0.15) is 0 Å². The zero-order valence-electron chi connectivity index (χ0n) is 13.8. The summed E-state index contributed by atoms with van der Waals surface area (Å²) < 4.78 is 10.4. The van der Waals surface area contributed by atoms with Gasteiger partial charge in [0.15, 0.2) is 11.5 Å². The molecule has 0 spiro atoms. The molecular formula is C19H21NO3S. The molecular weight excluding hydrogens is 322 g/mol. The van der Waals surface area contributed by atoms with Crippen LogP contribution in [-0.2, 0) is 4.79 Å². The van der Waals surface area contributed by atoms with Gasteiger partial charge in [-0.25, -0.2) is 0 Å². The first-order valence-corrected chi connectivity index (χ1v) is 8.57. The molecule has 126 valence electrons. The molecule has 5 heteroatoms. The van der Waals surface area contributed by atoms with Crippen molar-refractivity contribution in [2.45, 2.75) is 4.90 Å². The number of hydrogen-bond donors (Lipinski definition) is 1. The molecule has 0 unspecified atom stereocenters. The topological polar surface area (TPSA) is 47.6 Å². The first kappa shape index (κ1) is 17.9. The van der Waals surface area contributed by atoms with Crippen LogP contribution in [0.4, 0.5) is 0 Å². The standard InChI is InChI=1S/C19H21NO3S/c1-22-17-10-8-15(14-18(17)23-2)9-11-19(21)20-12-13-24-16-6-4-3-5-7-16/h3-11,14H,12-13H2,1-2H3,(H,20,21)/b11-9+. The quantitative estimate of drug-likeness (QED) is 0.452. The third kappa shape index (κ3) is 5.66. The number of methoxy groups -OCH3 is 2. The van der Waals surface area contributed by atoms with E-state index in [2.05, 4.69) is 17.4 Å². The number of carbonyl (C=O) groups is 1. The lowest BCUT2D eigenvalue weighted by atomic mass is 10.2. The van der Waals surface area contributed by atoms with E-state index in [9.17, 15) is 4.79 Å². The first-order chi connectivity index (χ1) is 11.7. The highest BCUT2D eigenvalue weighted by atomic mass is 32.2. The van der Waals surface area contributed by atoms with Gasteiger partial charge in [-0.15, -0.1) is 11.8 Å². The molecule has 0 radical (unpaired) electrons. The molecule has 1 N–H and O–H groups in total. The second-order valence-electron chi connectivity index (χ2n) is 4.90. The van der Waals surface area contributed by atoms with Gasteiger partial charge < -0.3 is 14.8 Å². The lowest BCUT2D eigenvalue weighted by Crippen LogP contribution is -2.23. The van der Waals surface area contributed by atoms with Crippen molar-refractivity contribution in [1.29, 1.82) is 0 Å². The van der Waals surface area contributed by atoms with E-state index in [0.717, 1.165) is 11.3 Å². The molecule has 0 bridgehead atoms. The highest BCUT2D eigenvalue weighted by Crippen LogP contribution is 2.27. The minimum absolute atomic E-state index is 0.113. The molecule has 0 aromatic heterocycles. The van der Waals surface area contributed by atoms with E-state index >= 15 is 0 Å². The van der Waals surface area contributed by atoms with Crippen LogP contribution in [0.15, 0.2) is 59.5 Å². The van der Waals surface area contributed by atoms with Gasteiger partial charge in [-0.2, -0.15) is 0 Å². The third-order valence-corrected chi connectivity index (χ3v) is 4.26. The molecule has 0 aliphatic carbocycles. The van der Waals surface area contributed by atoms with Crippen molar-refractivity contribution in [3.8, 4) is 11.5 Å². The summed E-state index contributed by atoms with van der Waals surface area (Å²) in [4.78, 5) is 13.0. The lowest BCUT2D eigenvalue weighted by Gasteiger charge is -2.07. The van der Waals surface area contributed by atoms with Crippen LogP contribution in [0.5, 0.6) is 11.5 Å². The zero-order chi connectivity index (χ0) is 17.2. The van der Waals surface area contributed by atoms with Crippen molar-refractivity contribution in [2.75, 3.05) is 26.5 Å². The van der Waals surface area contributed by atoms with Gasteiger partial charge in [-0.1, -0.05) is 24.3 Å². The fourth-order valence-electron chi connectivity index (χ4n) is 2.05. The van der Waals surface area contributed by atoms with Crippen molar-refractivity contribution in [3.05, 3.63) is 60.2 Å². The predicted molar refractivity (Wildman–Crippen MR) is 98.8 cm³/mol. The van der Waals surface area contributed by atoms with E-state index in [0.29, 0.717) is 18.0 Å². The summed E-state index contributed by atoms with van der Waals surface area (Å²) in [6, 6.07) is 15.6. The highest BCUT2D eigenvalue weighted by molar-refractivity contribution is 7.99. The van der Waals surface area contributed by atoms with Crippen LogP contribution in [0.2, 0.25) is 0 Å². The molecule has 0 aliphatic heterocycles. The first-order valence-electron chi connectivity index (χ1n) is 7.58. The van der Waals surface area contributed by atoms with E-state index in [4.69, 9.17) is 9.47 Å². The molecule has 2 aromatic carbocycles. The largest absolute Gasteiger partial charge is 0.493 e. The smallest absolute Gasteiger partial charge is 0.244 e. The van der Waals surface area contributed by atoms with Crippen molar-refractivity contribution in [2.24, 2.45) is 0 Å². The normalized spacial score (nSPS) is 10.6. The van der Waals surface area contributed by atoms with Gasteiger partial charge in [-0.05, 0) is 35.9 Å². The molecule has 0 aliphatic rings. The van der Waals surface area contributed by atoms with Crippen molar-refractivity contribution >= 4 is 23.7 Å². The van der Waals surface area contributed by atoms with E-state index < -0.39 is 0 Å². The van der Waals surface area contributed by atoms with Crippen molar-refractivity contribution in [1.82, 2.24) is 5.32 Å². The lowest BCUT2D eigenvalue weighted by molar-refractivity contribution is -0.116. The Bertz CT molecular complexity index is 686. The van der Waals surface area contributed by atoms with Crippen LogP contribution in [0.1, 0.15) is 5.56 Å². The zero-order valence-corrected chi connectivity index (χ0v) is 14.6. The number of carbonyl (C=O) groups excluding carboxylic acids is 1. The Labute approximate surface area is 146 Å². The molecule has 0 saturated carbocycles. The molecule has 0 heterocycles. The Morgan fingerprint density at radius 2 is 1.83 bits per heavy atom. The molecule has 4 nitrogen and oxygen atoms in total. The number of amides is 1. The molecule has 2 rings (SSSR count). The SMILES string of the molecule is COc1ccc(/C=C/C(=O)NCCSc2ccccc2)cc1OC. The summed E-state index contributed by atoms with van der Waals surface area (Å²) in [5.74, 6) is 2.02. The maximum absolute atomic E-state index is 11.8. The van der Waals surface area contributed by atoms with E-state index in [-0.39, 0.29) is 5.91 Å². The fourth-order valence-corrected chi connectivity index (χ4v) is 2.84. The Kier molecular flexibility index (Phi) is 7.23. The van der Waals surface area contributed by atoms with Crippen LogP contribution in [-0.4, -0.2) is 32.4 Å². The third-order valence-electron chi connectivity index (χ3n) is 3.25. The number of hydrogen-bond acceptors (Lipinski definition) is 4. The van der Waals surface area contributed by atoms with Crippen LogP contribution >= 0.6 is 11.8 Å². The van der Waals surface area contributed by atoms with Gasteiger partial charge in [-0.3, -0.25) is 4.79 Å². The Balaban J connectivity index is 1.78. The van der Waals surface area contributed by atoms with Crippen LogP contribution in [0.25, 0.3) is 6.08 Å². The summed E-state index contributed by atoms with van der Waals surface area (Å²) >= 11 is 1.72. The number of ether oxygens (including phenoxy) is 2. The average Bonchev–Trinajstić information content (AvgIpc) is 2.64. The number of rotatable bonds is 8.